The Kier molecular flexibility index (Phi) is 4.39. The number of carbonyl (C=O) groups excluding carboxylic acids is 1. The van der Waals surface area contributed by atoms with Crippen molar-refractivity contribution in [2.45, 2.75) is 6.92 Å². The molecule has 0 saturated carbocycles. The molecule has 0 amide bonds. The van der Waals surface area contributed by atoms with Gasteiger partial charge in [0.05, 0.1) is 13.7 Å². The van der Waals surface area contributed by atoms with E-state index in [0.29, 0.717) is 16.5 Å². The molecule has 19 heavy (non-hydrogen) atoms. The molecule has 0 radical (unpaired) electrons. The van der Waals surface area contributed by atoms with Crippen LogP contribution in [0.2, 0.25) is 5.15 Å². The molecule has 0 unspecified atom stereocenters. The Hall–Kier alpha value is -1.59. The Morgan fingerprint density at radius 3 is 2.95 bits per heavy atom. The number of thiazole rings is 1. The number of rotatable bonds is 4. The van der Waals surface area contributed by atoms with Gasteiger partial charge in [-0.25, -0.2) is 9.78 Å². The third-order valence-electron chi connectivity index (χ3n) is 2.35. The third-order valence-corrected chi connectivity index (χ3v) is 3.82. The smallest absolute Gasteiger partial charge is 0.351 e. The first-order valence-corrected chi connectivity index (χ1v) is 6.83. The number of esters is 1. The second kappa shape index (κ2) is 6.04. The number of carbonyl (C=O) groups is 1. The van der Waals surface area contributed by atoms with Crippen LogP contribution in [0.1, 0.15) is 16.6 Å². The summed E-state index contributed by atoms with van der Waals surface area (Å²) < 4.78 is 10.1. The van der Waals surface area contributed by atoms with Crippen molar-refractivity contribution in [3.63, 3.8) is 0 Å². The largest absolute Gasteiger partial charge is 0.494 e. The Morgan fingerprint density at radius 1 is 1.47 bits per heavy atom. The predicted octanol–water partition coefficient (Wildman–Crippen LogP) is 3.65. The maximum Gasteiger partial charge on any atom is 0.351 e. The third kappa shape index (κ3) is 3.05. The van der Waals surface area contributed by atoms with Crippen molar-refractivity contribution in [2.75, 3.05) is 13.7 Å². The van der Waals surface area contributed by atoms with E-state index >= 15 is 0 Å². The fourth-order valence-corrected chi connectivity index (χ4v) is 2.73. The van der Waals surface area contributed by atoms with Crippen LogP contribution in [0.5, 0.6) is 5.75 Å². The molecular weight excluding hydrogens is 286 g/mol. The van der Waals surface area contributed by atoms with Crippen molar-refractivity contribution in [1.29, 1.82) is 0 Å². The molecule has 0 saturated heterocycles. The van der Waals surface area contributed by atoms with Gasteiger partial charge in [-0.2, -0.15) is 0 Å². The van der Waals surface area contributed by atoms with Crippen LogP contribution in [0.15, 0.2) is 24.3 Å². The van der Waals surface area contributed by atoms with Gasteiger partial charge in [-0.05, 0) is 19.1 Å². The monoisotopic (exact) mass is 297 g/mol. The van der Waals surface area contributed by atoms with Gasteiger partial charge in [-0.3, -0.25) is 0 Å². The van der Waals surface area contributed by atoms with Gasteiger partial charge >= 0.3 is 5.97 Å². The number of benzene rings is 1. The van der Waals surface area contributed by atoms with Crippen LogP contribution in [0.3, 0.4) is 0 Å². The zero-order valence-corrected chi connectivity index (χ0v) is 12.0. The summed E-state index contributed by atoms with van der Waals surface area (Å²) in [4.78, 5) is 16.0. The highest BCUT2D eigenvalue weighted by atomic mass is 35.5. The molecule has 0 aliphatic heterocycles. The number of aromatic nitrogens is 1. The Morgan fingerprint density at radius 2 is 2.26 bits per heavy atom. The van der Waals surface area contributed by atoms with E-state index < -0.39 is 5.97 Å². The molecule has 2 rings (SSSR count). The van der Waals surface area contributed by atoms with Crippen LogP contribution in [0.25, 0.3) is 10.6 Å². The molecule has 0 atom stereocenters. The van der Waals surface area contributed by atoms with Crippen molar-refractivity contribution in [2.24, 2.45) is 0 Å². The molecule has 6 heteroatoms. The molecule has 1 aromatic heterocycles. The van der Waals surface area contributed by atoms with Crippen molar-refractivity contribution in [3.8, 4) is 16.3 Å². The van der Waals surface area contributed by atoms with E-state index in [9.17, 15) is 4.79 Å². The summed E-state index contributed by atoms with van der Waals surface area (Å²) in [6.07, 6.45) is 0. The fourth-order valence-electron chi connectivity index (χ4n) is 1.53. The molecule has 100 valence electrons. The number of ether oxygens (including phenoxy) is 2. The zero-order valence-electron chi connectivity index (χ0n) is 10.5. The second-order valence-electron chi connectivity index (χ2n) is 3.59. The molecule has 0 bridgehead atoms. The Labute approximate surface area is 120 Å². The average molecular weight is 298 g/mol. The topological polar surface area (TPSA) is 48.4 Å². The van der Waals surface area contributed by atoms with Crippen molar-refractivity contribution in [3.05, 3.63) is 34.3 Å². The molecule has 2 aromatic rings. The number of nitrogens with zero attached hydrogens (tertiary/aromatic N) is 1. The lowest BCUT2D eigenvalue weighted by Crippen LogP contribution is -1.98. The standard InChI is InChI=1S/C13H12ClNO3S/c1-3-18-9-6-4-5-8(7-9)12-15-11(14)10(19-12)13(16)17-2/h4-7H,3H2,1-2H3. The van der Waals surface area contributed by atoms with Crippen LogP contribution in [-0.4, -0.2) is 24.7 Å². The first kappa shape index (κ1) is 13.8. The normalized spacial score (nSPS) is 10.3. The summed E-state index contributed by atoms with van der Waals surface area (Å²) in [5.74, 6) is 0.278. The van der Waals surface area contributed by atoms with E-state index in [-0.39, 0.29) is 5.15 Å². The Bertz CT molecular complexity index is 597. The van der Waals surface area contributed by atoms with E-state index in [0.717, 1.165) is 11.3 Å². The maximum absolute atomic E-state index is 11.5. The molecule has 0 fully saturated rings. The van der Waals surface area contributed by atoms with Crippen LogP contribution >= 0.6 is 22.9 Å². The molecule has 1 aromatic carbocycles. The molecular formula is C13H12ClNO3S. The molecule has 1 heterocycles. The summed E-state index contributed by atoms with van der Waals surface area (Å²) in [5, 5.41) is 0.820. The van der Waals surface area contributed by atoms with E-state index in [4.69, 9.17) is 16.3 Å². The molecule has 0 spiro atoms. The minimum Gasteiger partial charge on any atom is -0.494 e. The first-order valence-electron chi connectivity index (χ1n) is 5.63. The quantitative estimate of drug-likeness (QED) is 0.808. The van der Waals surface area contributed by atoms with Gasteiger partial charge in [-0.15, -0.1) is 11.3 Å². The van der Waals surface area contributed by atoms with Crippen LogP contribution in [0.4, 0.5) is 0 Å². The van der Waals surface area contributed by atoms with Gasteiger partial charge in [0.1, 0.15) is 10.8 Å². The first-order chi connectivity index (χ1) is 9.15. The molecule has 4 nitrogen and oxygen atoms in total. The van der Waals surface area contributed by atoms with E-state index in [2.05, 4.69) is 9.72 Å². The summed E-state index contributed by atoms with van der Waals surface area (Å²) in [7, 11) is 1.31. The predicted molar refractivity (Wildman–Crippen MR) is 75.1 cm³/mol. The number of methoxy groups -OCH3 is 1. The minimum absolute atomic E-state index is 0.161. The van der Waals surface area contributed by atoms with Crippen molar-refractivity contribution >= 4 is 28.9 Å². The lowest BCUT2D eigenvalue weighted by Gasteiger charge is -2.03. The number of halogens is 1. The van der Waals surface area contributed by atoms with Gasteiger partial charge in [0.2, 0.25) is 0 Å². The maximum atomic E-state index is 11.5. The van der Waals surface area contributed by atoms with Gasteiger partial charge in [0.25, 0.3) is 0 Å². The van der Waals surface area contributed by atoms with Gasteiger partial charge in [0.15, 0.2) is 10.0 Å². The summed E-state index contributed by atoms with van der Waals surface area (Å²) in [6.45, 7) is 2.51. The van der Waals surface area contributed by atoms with Gasteiger partial charge in [-0.1, -0.05) is 23.7 Å². The lowest BCUT2D eigenvalue weighted by molar-refractivity contribution is 0.0606. The highest BCUT2D eigenvalue weighted by Gasteiger charge is 2.18. The molecule has 0 N–H and O–H groups in total. The lowest BCUT2D eigenvalue weighted by atomic mass is 10.2. The Balaban J connectivity index is 2.36. The highest BCUT2D eigenvalue weighted by Crippen LogP contribution is 2.32. The van der Waals surface area contributed by atoms with E-state index in [1.165, 1.54) is 18.4 Å². The number of hydrogen-bond acceptors (Lipinski definition) is 5. The SMILES string of the molecule is CCOc1cccc(-c2nc(Cl)c(C(=O)OC)s2)c1. The van der Waals surface area contributed by atoms with Crippen LogP contribution in [-0.2, 0) is 4.74 Å². The van der Waals surface area contributed by atoms with Crippen molar-refractivity contribution < 1.29 is 14.3 Å². The van der Waals surface area contributed by atoms with E-state index in [1.807, 2.05) is 31.2 Å². The molecule has 0 aliphatic rings. The highest BCUT2D eigenvalue weighted by molar-refractivity contribution is 7.17. The summed E-state index contributed by atoms with van der Waals surface area (Å²) >= 11 is 7.14. The zero-order chi connectivity index (χ0) is 13.8. The van der Waals surface area contributed by atoms with Crippen LogP contribution in [0, 0.1) is 0 Å². The van der Waals surface area contributed by atoms with E-state index in [1.54, 1.807) is 0 Å². The molecule has 0 aliphatic carbocycles. The van der Waals surface area contributed by atoms with Crippen molar-refractivity contribution in [1.82, 2.24) is 4.98 Å². The van der Waals surface area contributed by atoms with Crippen LogP contribution < -0.4 is 4.74 Å². The number of hydrogen-bond donors (Lipinski definition) is 0. The fraction of sp³-hybridized carbons (Fsp3) is 0.231. The summed E-state index contributed by atoms with van der Waals surface area (Å²) in [6, 6.07) is 7.48. The average Bonchev–Trinajstić information content (AvgIpc) is 2.81. The summed E-state index contributed by atoms with van der Waals surface area (Å²) in [5.41, 5.74) is 0.855. The van der Waals surface area contributed by atoms with Gasteiger partial charge in [0, 0.05) is 5.56 Å². The second-order valence-corrected chi connectivity index (χ2v) is 4.95. The van der Waals surface area contributed by atoms with Gasteiger partial charge < -0.3 is 9.47 Å². The minimum atomic E-state index is -0.477.